The highest BCUT2D eigenvalue weighted by atomic mass is 16.5. The van der Waals surface area contributed by atoms with Crippen molar-refractivity contribution in [2.45, 2.75) is 39.8 Å². The van der Waals surface area contributed by atoms with Gasteiger partial charge in [-0.25, -0.2) is 4.79 Å². The van der Waals surface area contributed by atoms with Gasteiger partial charge in [-0.05, 0) is 51.0 Å². The first-order chi connectivity index (χ1) is 14.0. The van der Waals surface area contributed by atoms with E-state index >= 15 is 0 Å². The Labute approximate surface area is 169 Å². The van der Waals surface area contributed by atoms with Gasteiger partial charge in [-0.2, -0.15) is 0 Å². The van der Waals surface area contributed by atoms with E-state index in [4.69, 9.17) is 13.9 Å². The summed E-state index contributed by atoms with van der Waals surface area (Å²) < 4.78 is 18.4. The van der Waals surface area contributed by atoms with Crippen LogP contribution in [0.2, 0.25) is 0 Å². The zero-order chi connectivity index (χ0) is 20.7. The normalized spacial score (nSPS) is 13.6. The van der Waals surface area contributed by atoms with Crippen LogP contribution < -0.4 is 4.74 Å². The molecular formula is C23H25NO5. The molecule has 0 amide bonds. The van der Waals surface area contributed by atoms with Crippen LogP contribution >= 0.6 is 0 Å². The number of ether oxygens (including phenoxy) is 2. The Morgan fingerprint density at radius 2 is 2.17 bits per heavy atom. The minimum absolute atomic E-state index is 0.296. The van der Waals surface area contributed by atoms with Crippen molar-refractivity contribution in [3.05, 3.63) is 53.1 Å². The smallest absolute Gasteiger partial charge is 0.340 e. The summed E-state index contributed by atoms with van der Waals surface area (Å²) in [5, 5.41) is 10.1. The van der Waals surface area contributed by atoms with E-state index in [0.717, 1.165) is 52.2 Å². The lowest BCUT2D eigenvalue weighted by molar-refractivity contribution is 0.0528. The van der Waals surface area contributed by atoms with Gasteiger partial charge in [-0.1, -0.05) is 0 Å². The van der Waals surface area contributed by atoms with Crippen molar-refractivity contribution in [1.29, 1.82) is 0 Å². The highest BCUT2D eigenvalue weighted by molar-refractivity contribution is 6.05. The molecule has 1 aromatic carbocycles. The predicted octanol–water partition coefficient (Wildman–Crippen LogP) is 4.52. The number of aliphatic hydroxyl groups excluding tert-OH is 1. The number of aromatic nitrogens is 1. The van der Waals surface area contributed by atoms with Crippen molar-refractivity contribution in [2.24, 2.45) is 0 Å². The van der Waals surface area contributed by atoms with Gasteiger partial charge in [0.1, 0.15) is 5.75 Å². The van der Waals surface area contributed by atoms with E-state index in [9.17, 15) is 9.90 Å². The third kappa shape index (κ3) is 3.04. The van der Waals surface area contributed by atoms with Crippen LogP contribution in [0.5, 0.6) is 5.75 Å². The second-order valence-electron chi connectivity index (χ2n) is 7.25. The van der Waals surface area contributed by atoms with E-state index in [-0.39, 0.29) is 5.97 Å². The summed E-state index contributed by atoms with van der Waals surface area (Å²) in [6, 6.07) is 5.76. The van der Waals surface area contributed by atoms with Gasteiger partial charge < -0.3 is 23.6 Å². The topological polar surface area (TPSA) is 73.8 Å². The molecule has 0 radical (unpaired) electrons. The highest BCUT2D eigenvalue weighted by Gasteiger charge is 2.32. The molecule has 1 aliphatic heterocycles. The number of aryl methyl sites for hydroxylation is 1. The lowest BCUT2D eigenvalue weighted by Crippen LogP contribution is -2.15. The van der Waals surface area contributed by atoms with Crippen molar-refractivity contribution >= 4 is 5.97 Å². The maximum absolute atomic E-state index is 13.0. The number of furan rings is 1. The fraction of sp³-hybridized carbons (Fsp3) is 0.348. The Kier molecular flexibility index (Phi) is 4.96. The Morgan fingerprint density at radius 1 is 1.38 bits per heavy atom. The van der Waals surface area contributed by atoms with Gasteiger partial charge in [-0.3, -0.25) is 0 Å². The molecule has 0 fully saturated rings. The average Bonchev–Trinajstić information content (AvgIpc) is 3.33. The molecule has 1 unspecified atom stereocenters. The first-order valence-electron chi connectivity index (χ1n) is 9.79. The van der Waals surface area contributed by atoms with E-state index < -0.39 is 6.10 Å². The molecule has 3 heterocycles. The number of rotatable bonds is 5. The number of nitrogens with zero attached hydrogens (tertiary/aromatic N) is 1. The third-order valence-electron chi connectivity index (χ3n) is 5.58. The predicted molar refractivity (Wildman–Crippen MR) is 109 cm³/mol. The number of fused-ring (bicyclic) bond motifs is 3. The molecule has 6 nitrogen and oxygen atoms in total. The second-order valence-corrected chi connectivity index (χ2v) is 7.25. The number of benzene rings is 1. The Morgan fingerprint density at radius 3 is 2.79 bits per heavy atom. The van der Waals surface area contributed by atoms with Crippen LogP contribution in [-0.4, -0.2) is 29.4 Å². The first-order valence-corrected chi connectivity index (χ1v) is 9.79. The maximum Gasteiger partial charge on any atom is 0.340 e. The van der Waals surface area contributed by atoms with Gasteiger partial charge in [0, 0.05) is 34.5 Å². The number of hydrogen-bond donors (Lipinski definition) is 1. The summed E-state index contributed by atoms with van der Waals surface area (Å²) >= 11 is 0. The lowest BCUT2D eigenvalue weighted by Gasteiger charge is -2.24. The first kappa shape index (κ1) is 19.3. The van der Waals surface area contributed by atoms with Gasteiger partial charge in [0.15, 0.2) is 0 Å². The van der Waals surface area contributed by atoms with Gasteiger partial charge >= 0.3 is 5.97 Å². The summed E-state index contributed by atoms with van der Waals surface area (Å²) in [4.78, 5) is 13.0. The Balaban J connectivity index is 2.03. The van der Waals surface area contributed by atoms with E-state index in [1.807, 2.05) is 25.1 Å². The molecule has 29 heavy (non-hydrogen) atoms. The standard InChI is InChI=1S/C23H25NO5/c1-5-29-23(26)21-20(16-7-9-28-12-16)13(2)24-8-6-15-10-17(14(3)25)19(27-4)11-18(15)22(21)24/h7,9-12,14,25H,5-6,8H2,1-4H3. The minimum Gasteiger partial charge on any atom is -0.496 e. The summed E-state index contributed by atoms with van der Waals surface area (Å²) in [6.07, 6.45) is 3.41. The number of carbonyl (C=O) groups excluding carboxylic acids is 1. The quantitative estimate of drug-likeness (QED) is 0.643. The number of esters is 1. The zero-order valence-corrected chi connectivity index (χ0v) is 17.1. The Hall–Kier alpha value is -2.99. The molecule has 0 bridgehead atoms. The number of aliphatic hydroxyl groups is 1. The molecule has 0 aliphatic carbocycles. The largest absolute Gasteiger partial charge is 0.496 e. The van der Waals surface area contributed by atoms with Crippen molar-refractivity contribution < 1.29 is 23.8 Å². The van der Waals surface area contributed by atoms with Crippen LogP contribution in [0, 0.1) is 6.92 Å². The highest BCUT2D eigenvalue weighted by Crippen LogP contribution is 2.44. The van der Waals surface area contributed by atoms with Crippen molar-refractivity contribution in [1.82, 2.24) is 4.57 Å². The van der Waals surface area contributed by atoms with Gasteiger partial charge in [0.25, 0.3) is 0 Å². The number of hydrogen-bond acceptors (Lipinski definition) is 5. The van der Waals surface area contributed by atoms with Crippen LogP contribution in [0.1, 0.15) is 47.1 Å². The van der Waals surface area contributed by atoms with Gasteiger partial charge in [-0.15, -0.1) is 0 Å². The van der Waals surface area contributed by atoms with Gasteiger partial charge in [0.05, 0.1) is 43.6 Å². The summed E-state index contributed by atoms with van der Waals surface area (Å²) in [6.45, 7) is 6.58. The SMILES string of the molecule is CCOC(=O)c1c(-c2ccoc2)c(C)n2c1-c1cc(OC)c(C(C)O)cc1CC2. The van der Waals surface area contributed by atoms with E-state index in [1.165, 1.54) is 0 Å². The monoisotopic (exact) mass is 395 g/mol. The lowest BCUT2D eigenvalue weighted by atomic mass is 9.91. The molecule has 0 spiro atoms. The molecule has 0 saturated heterocycles. The average molecular weight is 395 g/mol. The maximum atomic E-state index is 13.0. The van der Waals surface area contributed by atoms with Crippen LogP contribution in [0.15, 0.2) is 35.1 Å². The molecule has 1 atom stereocenters. The van der Waals surface area contributed by atoms with E-state index in [1.54, 1.807) is 33.5 Å². The molecule has 0 saturated carbocycles. The van der Waals surface area contributed by atoms with Crippen LogP contribution in [0.3, 0.4) is 0 Å². The number of carbonyl (C=O) groups is 1. The summed E-state index contributed by atoms with van der Waals surface area (Å²) in [5.74, 6) is 0.248. The van der Waals surface area contributed by atoms with Crippen molar-refractivity contribution in [2.75, 3.05) is 13.7 Å². The van der Waals surface area contributed by atoms with Crippen LogP contribution in [0.25, 0.3) is 22.4 Å². The zero-order valence-electron chi connectivity index (χ0n) is 17.1. The Bertz CT molecular complexity index is 1060. The third-order valence-corrected chi connectivity index (χ3v) is 5.58. The van der Waals surface area contributed by atoms with Crippen LogP contribution in [0.4, 0.5) is 0 Å². The van der Waals surface area contributed by atoms with E-state index in [2.05, 4.69) is 4.57 Å². The fourth-order valence-electron chi connectivity index (χ4n) is 4.26. The summed E-state index contributed by atoms with van der Waals surface area (Å²) in [5.41, 5.74) is 6.80. The minimum atomic E-state index is -0.642. The molecule has 152 valence electrons. The van der Waals surface area contributed by atoms with Crippen molar-refractivity contribution in [3.63, 3.8) is 0 Å². The second kappa shape index (κ2) is 7.44. The molecule has 1 aliphatic rings. The number of methoxy groups -OCH3 is 1. The van der Waals surface area contributed by atoms with E-state index in [0.29, 0.717) is 17.9 Å². The summed E-state index contributed by atoms with van der Waals surface area (Å²) in [7, 11) is 1.59. The molecule has 1 N–H and O–H groups in total. The molecule has 2 aromatic heterocycles. The fourth-order valence-corrected chi connectivity index (χ4v) is 4.26. The molecular weight excluding hydrogens is 370 g/mol. The molecule has 6 heteroatoms. The van der Waals surface area contributed by atoms with Crippen molar-refractivity contribution in [3.8, 4) is 28.1 Å². The van der Waals surface area contributed by atoms with Gasteiger partial charge in [0.2, 0.25) is 0 Å². The molecule has 4 rings (SSSR count). The van der Waals surface area contributed by atoms with Crippen LogP contribution in [-0.2, 0) is 17.7 Å². The molecule has 3 aromatic rings.